The van der Waals surface area contributed by atoms with Crippen LogP contribution in [0.25, 0.3) is 0 Å². The summed E-state index contributed by atoms with van der Waals surface area (Å²) in [6.45, 7) is 4.13. The summed E-state index contributed by atoms with van der Waals surface area (Å²) in [4.78, 5) is 13.6. The quantitative estimate of drug-likeness (QED) is 0.762. The van der Waals surface area contributed by atoms with Gasteiger partial charge in [-0.15, -0.1) is 0 Å². The summed E-state index contributed by atoms with van der Waals surface area (Å²) in [5.74, 6) is -0.314. The number of methoxy groups -OCH3 is 1. The van der Waals surface area contributed by atoms with E-state index in [9.17, 15) is 4.79 Å². The standard InChI is InChI=1S/C12H18N2O2/c1-3-14(9-8-13)11-7-5-4-6-10(11)12(15)16-2/h4-7H,3,8-9,13H2,1-2H3. The van der Waals surface area contributed by atoms with Gasteiger partial charge in [0.15, 0.2) is 0 Å². The van der Waals surface area contributed by atoms with Gasteiger partial charge in [-0.25, -0.2) is 4.79 Å². The number of carbonyl (C=O) groups is 1. The minimum atomic E-state index is -0.314. The molecule has 0 aliphatic carbocycles. The van der Waals surface area contributed by atoms with Crippen LogP contribution in [-0.2, 0) is 4.74 Å². The van der Waals surface area contributed by atoms with Gasteiger partial charge in [-0.1, -0.05) is 12.1 Å². The molecule has 0 unspecified atom stereocenters. The first-order valence-corrected chi connectivity index (χ1v) is 5.37. The third-order valence-corrected chi connectivity index (χ3v) is 2.43. The van der Waals surface area contributed by atoms with Crippen LogP contribution in [0.15, 0.2) is 24.3 Å². The zero-order valence-corrected chi connectivity index (χ0v) is 9.77. The van der Waals surface area contributed by atoms with E-state index in [4.69, 9.17) is 10.5 Å². The number of hydrogen-bond acceptors (Lipinski definition) is 4. The maximum absolute atomic E-state index is 11.6. The average molecular weight is 222 g/mol. The Morgan fingerprint density at radius 2 is 2.12 bits per heavy atom. The molecule has 1 aromatic rings. The molecule has 88 valence electrons. The Hall–Kier alpha value is -1.55. The summed E-state index contributed by atoms with van der Waals surface area (Å²) < 4.78 is 4.75. The lowest BCUT2D eigenvalue weighted by molar-refractivity contribution is 0.0601. The number of carbonyl (C=O) groups excluding carboxylic acids is 1. The molecule has 16 heavy (non-hydrogen) atoms. The number of esters is 1. The average Bonchev–Trinajstić information content (AvgIpc) is 2.35. The topological polar surface area (TPSA) is 55.6 Å². The zero-order chi connectivity index (χ0) is 12.0. The van der Waals surface area contributed by atoms with Gasteiger partial charge in [0.2, 0.25) is 0 Å². The largest absolute Gasteiger partial charge is 0.465 e. The lowest BCUT2D eigenvalue weighted by Crippen LogP contribution is -2.30. The van der Waals surface area contributed by atoms with Gasteiger partial charge >= 0.3 is 5.97 Å². The number of anilines is 1. The van der Waals surface area contributed by atoms with Crippen molar-refractivity contribution >= 4 is 11.7 Å². The molecule has 0 aromatic heterocycles. The number of para-hydroxylation sites is 1. The summed E-state index contributed by atoms with van der Waals surface area (Å²) in [5.41, 5.74) is 7.00. The van der Waals surface area contributed by atoms with E-state index in [0.717, 1.165) is 18.8 Å². The Bertz CT molecular complexity index is 353. The van der Waals surface area contributed by atoms with Crippen molar-refractivity contribution < 1.29 is 9.53 Å². The van der Waals surface area contributed by atoms with Gasteiger partial charge in [0.1, 0.15) is 0 Å². The molecule has 0 atom stereocenters. The van der Waals surface area contributed by atoms with Gasteiger partial charge in [-0.05, 0) is 19.1 Å². The first-order valence-electron chi connectivity index (χ1n) is 5.37. The molecule has 0 saturated carbocycles. The minimum Gasteiger partial charge on any atom is -0.465 e. The molecule has 4 heteroatoms. The van der Waals surface area contributed by atoms with Crippen molar-refractivity contribution in [3.63, 3.8) is 0 Å². The van der Waals surface area contributed by atoms with Crippen LogP contribution in [-0.4, -0.2) is 32.7 Å². The Morgan fingerprint density at radius 1 is 1.44 bits per heavy atom. The number of likely N-dealkylation sites (N-methyl/N-ethyl adjacent to an activating group) is 1. The summed E-state index contributed by atoms with van der Waals surface area (Å²) in [6.07, 6.45) is 0. The van der Waals surface area contributed by atoms with Crippen LogP contribution in [0.1, 0.15) is 17.3 Å². The maximum Gasteiger partial charge on any atom is 0.339 e. The molecule has 0 aliphatic rings. The van der Waals surface area contributed by atoms with Crippen LogP contribution in [0.4, 0.5) is 5.69 Å². The summed E-state index contributed by atoms with van der Waals surface area (Å²) in [5, 5.41) is 0. The highest BCUT2D eigenvalue weighted by Gasteiger charge is 2.14. The van der Waals surface area contributed by atoms with Crippen molar-refractivity contribution in [2.24, 2.45) is 5.73 Å². The normalized spacial score (nSPS) is 9.94. The second kappa shape index (κ2) is 6.12. The highest BCUT2D eigenvalue weighted by atomic mass is 16.5. The second-order valence-corrected chi connectivity index (χ2v) is 3.38. The molecule has 1 aromatic carbocycles. The van der Waals surface area contributed by atoms with Gasteiger partial charge in [0.05, 0.1) is 18.4 Å². The first-order chi connectivity index (χ1) is 7.74. The highest BCUT2D eigenvalue weighted by molar-refractivity contribution is 5.95. The van der Waals surface area contributed by atoms with Crippen LogP contribution in [0.3, 0.4) is 0 Å². The smallest absolute Gasteiger partial charge is 0.339 e. The molecule has 0 spiro atoms. The third-order valence-electron chi connectivity index (χ3n) is 2.43. The molecule has 1 rings (SSSR count). The predicted octanol–water partition coefficient (Wildman–Crippen LogP) is 1.26. The number of nitrogens with zero attached hydrogens (tertiary/aromatic N) is 1. The lowest BCUT2D eigenvalue weighted by Gasteiger charge is -2.24. The molecule has 0 amide bonds. The molecule has 0 aliphatic heterocycles. The lowest BCUT2D eigenvalue weighted by atomic mass is 10.1. The number of benzene rings is 1. The van der Waals surface area contributed by atoms with E-state index in [2.05, 4.69) is 4.90 Å². The fraction of sp³-hybridized carbons (Fsp3) is 0.417. The minimum absolute atomic E-state index is 0.314. The molecule has 0 heterocycles. The molecule has 0 fully saturated rings. The molecular formula is C12H18N2O2. The molecular weight excluding hydrogens is 204 g/mol. The number of rotatable bonds is 5. The van der Waals surface area contributed by atoms with E-state index in [-0.39, 0.29) is 5.97 Å². The molecule has 2 N–H and O–H groups in total. The number of hydrogen-bond donors (Lipinski definition) is 1. The summed E-state index contributed by atoms with van der Waals surface area (Å²) in [7, 11) is 1.39. The van der Waals surface area contributed by atoms with Gasteiger partial charge < -0.3 is 15.4 Å². The SMILES string of the molecule is CCN(CCN)c1ccccc1C(=O)OC. The Kier molecular flexibility index (Phi) is 4.79. The van der Waals surface area contributed by atoms with E-state index >= 15 is 0 Å². The predicted molar refractivity (Wildman–Crippen MR) is 64.7 cm³/mol. The second-order valence-electron chi connectivity index (χ2n) is 3.38. The zero-order valence-electron chi connectivity index (χ0n) is 9.77. The van der Waals surface area contributed by atoms with Gasteiger partial charge in [0.25, 0.3) is 0 Å². The van der Waals surface area contributed by atoms with Gasteiger partial charge in [0, 0.05) is 19.6 Å². The van der Waals surface area contributed by atoms with E-state index in [1.54, 1.807) is 6.07 Å². The van der Waals surface area contributed by atoms with E-state index < -0.39 is 0 Å². The molecule has 0 bridgehead atoms. The Balaban J connectivity index is 3.05. The summed E-state index contributed by atoms with van der Waals surface area (Å²) >= 11 is 0. The van der Waals surface area contributed by atoms with E-state index in [0.29, 0.717) is 12.1 Å². The van der Waals surface area contributed by atoms with E-state index in [1.165, 1.54) is 7.11 Å². The Morgan fingerprint density at radius 3 is 2.69 bits per heavy atom. The van der Waals surface area contributed by atoms with Crippen molar-refractivity contribution in [1.82, 2.24) is 0 Å². The van der Waals surface area contributed by atoms with Crippen LogP contribution < -0.4 is 10.6 Å². The van der Waals surface area contributed by atoms with Crippen LogP contribution in [0.2, 0.25) is 0 Å². The number of nitrogens with two attached hydrogens (primary N) is 1. The van der Waals surface area contributed by atoms with E-state index in [1.807, 2.05) is 25.1 Å². The molecule has 0 radical (unpaired) electrons. The van der Waals surface area contributed by atoms with Crippen molar-refractivity contribution in [2.75, 3.05) is 31.6 Å². The van der Waals surface area contributed by atoms with Gasteiger partial charge in [-0.2, -0.15) is 0 Å². The molecule has 0 saturated heterocycles. The van der Waals surface area contributed by atoms with Crippen molar-refractivity contribution in [2.45, 2.75) is 6.92 Å². The van der Waals surface area contributed by atoms with Crippen LogP contribution >= 0.6 is 0 Å². The van der Waals surface area contributed by atoms with Crippen molar-refractivity contribution in [3.05, 3.63) is 29.8 Å². The number of ether oxygens (including phenoxy) is 1. The third kappa shape index (κ3) is 2.73. The maximum atomic E-state index is 11.6. The van der Waals surface area contributed by atoms with Crippen molar-refractivity contribution in [3.8, 4) is 0 Å². The fourth-order valence-electron chi connectivity index (χ4n) is 1.64. The monoisotopic (exact) mass is 222 g/mol. The Labute approximate surface area is 96.0 Å². The van der Waals surface area contributed by atoms with Crippen molar-refractivity contribution in [1.29, 1.82) is 0 Å². The first kappa shape index (κ1) is 12.5. The van der Waals surface area contributed by atoms with Gasteiger partial charge in [-0.3, -0.25) is 0 Å². The van der Waals surface area contributed by atoms with Crippen LogP contribution in [0, 0.1) is 0 Å². The molecule has 4 nitrogen and oxygen atoms in total. The fourth-order valence-corrected chi connectivity index (χ4v) is 1.64. The van der Waals surface area contributed by atoms with Crippen LogP contribution in [0.5, 0.6) is 0 Å². The highest BCUT2D eigenvalue weighted by Crippen LogP contribution is 2.20. The summed E-state index contributed by atoms with van der Waals surface area (Å²) in [6, 6.07) is 7.40.